The molecule has 37 heavy (non-hydrogen) atoms. The molecule has 1 N–H and O–H groups in total. The van der Waals surface area contributed by atoms with Gasteiger partial charge < -0.3 is 14.2 Å². The van der Waals surface area contributed by atoms with Gasteiger partial charge >= 0.3 is 16.1 Å². The lowest BCUT2D eigenvalue weighted by Gasteiger charge is -2.10. The van der Waals surface area contributed by atoms with Gasteiger partial charge in [-0.25, -0.2) is 4.98 Å². The minimum absolute atomic E-state index is 0.0632. The number of benzene rings is 3. The Hall–Kier alpha value is -4.08. The molecule has 0 atom stereocenters. The molecule has 0 saturated heterocycles. The van der Waals surface area contributed by atoms with Crippen LogP contribution in [-0.2, 0) is 19.6 Å². The van der Waals surface area contributed by atoms with Gasteiger partial charge in [0.1, 0.15) is 34.3 Å². The molecule has 2 heterocycles. The largest absolute Gasteiger partial charge is 0.465 e. The lowest BCUT2D eigenvalue weighted by Crippen LogP contribution is -2.17. The first-order chi connectivity index (χ1) is 17.8. The average Bonchev–Trinajstić information content (AvgIpc) is 3.25. The average molecular weight is 536 g/mol. The number of hydrogen-bond acceptors (Lipinski definition) is 7. The van der Waals surface area contributed by atoms with E-state index >= 15 is 0 Å². The first-order valence-electron chi connectivity index (χ1n) is 11.4. The van der Waals surface area contributed by atoms with Crippen LogP contribution < -0.4 is 9.50 Å². The molecule has 0 saturated carbocycles. The van der Waals surface area contributed by atoms with E-state index < -0.39 is 16.1 Å². The van der Waals surface area contributed by atoms with E-state index in [1.54, 1.807) is 66.1 Å². The number of halogens is 1. The van der Waals surface area contributed by atoms with Gasteiger partial charge in [-0.3, -0.25) is 9.20 Å². The number of rotatable bonds is 8. The topological polar surface area (TPSA) is 99.0 Å². The Labute approximate surface area is 218 Å². The molecule has 2 aromatic heterocycles. The summed E-state index contributed by atoms with van der Waals surface area (Å²) in [4.78, 5) is 16.7. The van der Waals surface area contributed by atoms with E-state index in [1.165, 1.54) is 6.07 Å². The molecule has 0 radical (unpaired) electrons. The highest BCUT2D eigenvalue weighted by atomic mass is 35.5. The number of hydrogen-bond donors (Lipinski definition) is 1. The van der Waals surface area contributed by atoms with Crippen LogP contribution in [-0.4, -0.2) is 36.9 Å². The molecule has 0 aliphatic heterocycles. The van der Waals surface area contributed by atoms with Crippen LogP contribution in [0.4, 0.5) is 5.82 Å². The van der Waals surface area contributed by atoms with Crippen LogP contribution in [0.25, 0.3) is 27.7 Å². The van der Waals surface area contributed by atoms with Crippen molar-refractivity contribution in [2.75, 3.05) is 18.5 Å². The van der Waals surface area contributed by atoms with Crippen molar-refractivity contribution in [3.05, 3.63) is 90.1 Å². The minimum atomic E-state index is -4.04. The lowest BCUT2D eigenvalue weighted by molar-refractivity contribution is -0.140. The van der Waals surface area contributed by atoms with Gasteiger partial charge in [-0.05, 0) is 66.2 Å². The lowest BCUT2D eigenvalue weighted by atomic mass is 10.1. The standard InChI is InChI=1S/C27H22ClN3O5S/c1-2-35-25(32)16-29-27-26(30-24-14-10-21(28)17-31(24)27)19-7-11-22(12-8-19)36-37(33,34)23-13-9-18-5-3-4-6-20(18)15-23/h3-15,17,29H,2,16H2,1H3. The summed E-state index contributed by atoms with van der Waals surface area (Å²) in [5.74, 6) is 0.292. The molecule has 3 aromatic carbocycles. The number of aromatic nitrogens is 2. The molecule has 0 aliphatic rings. The van der Waals surface area contributed by atoms with Crippen molar-refractivity contribution in [3.63, 3.8) is 0 Å². The molecular formula is C27H22ClN3O5S. The number of ether oxygens (including phenoxy) is 1. The van der Waals surface area contributed by atoms with Gasteiger partial charge in [0.05, 0.1) is 11.6 Å². The van der Waals surface area contributed by atoms with E-state index in [-0.39, 0.29) is 23.8 Å². The third-order valence-electron chi connectivity index (χ3n) is 5.63. The van der Waals surface area contributed by atoms with E-state index in [4.69, 9.17) is 20.5 Å². The molecule has 0 amide bonds. The molecule has 5 aromatic rings. The fraction of sp³-hybridized carbons (Fsp3) is 0.111. The van der Waals surface area contributed by atoms with Crippen LogP contribution in [0, 0.1) is 0 Å². The summed E-state index contributed by atoms with van der Waals surface area (Å²) >= 11 is 6.18. The van der Waals surface area contributed by atoms with Crippen LogP contribution in [0.2, 0.25) is 5.02 Å². The van der Waals surface area contributed by atoms with Crippen LogP contribution >= 0.6 is 11.6 Å². The summed E-state index contributed by atoms with van der Waals surface area (Å²) in [6, 6.07) is 22.3. The third-order valence-corrected chi connectivity index (χ3v) is 7.10. The minimum Gasteiger partial charge on any atom is -0.465 e. The number of esters is 1. The molecule has 10 heteroatoms. The molecular weight excluding hydrogens is 514 g/mol. The summed E-state index contributed by atoms with van der Waals surface area (Å²) in [7, 11) is -4.04. The second-order valence-electron chi connectivity index (χ2n) is 8.11. The monoisotopic (exact) mass is 535 g/mol. The van der Waals surface area contributed by atoms with E-state index in [9.17, 15) is 13.2 Å². The first-order valence-corrected chi connectivity index (χ1v) is 13.2. The van der Waals surface area contributed by atoms with Crippen molar-refractivity contribution < 1.29 is 22.1 Å². The summed E-state index contributed by atoms with van der Waals surface area (Å²) in [6.45, 7) is 1.95. The number of pyridine rings is 1. The number of nitrogens with zero attached hydrogens (tertiary/aromatic N) is 2. The molecule has 0 fully saturated rings. The van der Waals surface area contributed by atoms with Gasteiger partial charge in [0.2, 0.25) is 0 Å². The fourth-order valence-corrected chi connectivity index (χ4v) is 5.05. The van der Waals surface area contributed by atoms with Crippen molar-refractivity contribution >= 4 is 49.9 Å². The maximum atomic E-state index is 12.9. The van der Waals surface area contributed by atoms with E-state index in [0.717, 1.165) is 10.8 Å². The molecule has 8 nitrogen and oxygen atoms in total. The molecule has 0 spiro atoms. The zero-order valence-electron chi connectivity index (χ0n) is 19.7. The van der Waals surface area contributed by atoms with Gasteiger partial charge in [0.15, 0.2) is 0 Å². The number of fused-ring (bicyclic) bond motifs is 2. The number of carbonyl (C=O) groups is 1. The van der Waals surface area contributed by atoms with Crippen molar-refractivity contribution in [2.24, 2.45) is 0 Å². The third kappa shape index (κ3) is 5.23. The Morgan fingerprint density at radius 3 is 2.51 bits per heavy atom. The Balaban J connectivity index is 1.43. The highest BCUT2D eigenvalue weighted by Crippen LogP contribution is 2.32. The number of nitrogens with one attached hydrogen (secondary N) is 1. The van der Waals surface area contributed by atoms with Crippen LogP contribution in [0.3, 0.4) is 0 Å². The van der Waals surface area contributed by atoms with Gasteiger partial charge in [-0.1, -0.05) is 41.9 Å². The smallest absolute Gasteiger partial charge is 0.339 e. The highest BCUT2D eigenvalue weighted by molar-refractivity contribution is 7.87. The maximum Gasteiger partial charge on any atom is 0.339 e. The molecule has 5 rings (SSSR count). The van der Waals surface area contributed by atoms with Gasteiger partial charge in [0, 0.05) is 11.8 Å². The molecule has 0 aliphatic carbocycles. The molecule has 0 unspecified atom stereocenters. The summed E-state index contributed by atoms with van der Waals surface area (Å²) in [5, 5.41) is 5.31. The van der Waals surface area contributed by atoms with Crippen molar-refractivity contribution in [2.45, 2.75) is 11.8 Å². The highest BCUT2D eigenvalue weighted by Gasteiger charge is 2.19. The van der Waals surface area contributed by atoms with E-state index in [2.05, 4.69) is 10.3 Å². The van der Waals surface area contributed by atoms with E-state index in [1.807, 2.05) is 24.3 Å². The second kappa shape index (κ2) is 10.1. The summed E-state index contributed by atoms with van der Waals surface area (Å²) < 4.78 is 37.9. The predicted molar refractivity (Wildman–Crippen MR) is 143 cm³/mol. The Morgan fingerprint density at radius 1 is 1.00 bits per heavy atom. The molecule has 188 valence electrons. The normalized spacial score (nSPS) is 11.5. The maximum absolute atomic E-state index is 12.9. The summed E-state index contributed by atoms with van der Waals surface area (Å²) in [6.07, 6.45) is 1.69. The van der Waals surface area contributed by atoms with Crippen molar-refractivity contribution in [3.8, 4) is 17.0 Å². The van der Waals surface area contributed by atoms with Crippen LogP contribution in [0.5, 0.6) is 5.75 Å². The fourth-order valence-electron chi connectivity index (χ4n) is 3.92. The Morgan fingerprint density at radius 2 is 1.76 bits per heavy atom. The quantitative estimate of drug-likeness (QED) is 0.205. The Bertz CT molecular complexity index is 1720. The van der Waals surface area contributed by atoms with Gasteiger partial charge in [0.25, 0.3) is 0 Å². The Kier molecular flexibility index (Phi) is 6.73. The summed E-state index contributed by atoms with van der Waals surface area (Å²) in [5.41, 5.74) is 1.85. The first kappa shape index (κ1) is 24.6. The second-order valence-corrected chi connectivity index (χ2v) is 10.1. The number of anilines is 1. The van der Waals surface area contributed by atoms with Gasteiger partial charge in [-0.15, -0.1) is 0 Å². The van der Waals surface area contributed by atoms with Crippen molar-refractivity contribution in [1.82, 2.24) is 9.38 Å². The number of carbonyl (C=O) groups excluding carboxylic acids is 1. The van der Waals surface area contributed by atoms with Crippen LogP contribution in [0.15, 0.2) is 90.0 Å². The van der Waals surface area contributed by atoms with Crippen molar-refractivity contribution in [1.29, 1.82) is 0 Å². The number of imidazole rings is 1. The van der Waals surface area contributed by atoms with Gasteiger partial charge in [-0.2, -0.15) is 8.42 Å². The zero-order chi connectivity index (χ0) is 26.0. The zero-order valence-corrected chi connectivity index (χ0v) is 21.3. The predicted octanol–water partition coefficient (Wildman–Crippen LogP) is 5.55. The van der Waals surface area contributed by atoms with Crippen LogP contribution in [0.1, 0.15) is 6.92 Å². The SMILES string of the molecule is CCOC(=O)CNc1c(-c2ccc(OS(=O)(=O)c3ccc4ccccc4c3)cc2)nc2ccc(Cl)cn12. The molecule has 0 bridgehead atoms. The van der Waals surface area contributed by atoms with E-state index in [0.29, 0.717) is 27.7 Å².